The highest BCUT2D eigenvalue weighted by molar-refractivity contribution is 7.96. The average molecular weight is 480 g/mol. The molecule has 3 aromatic rings. The van der Waals surface area contributed by atoms with Gasteiger partial charge in [0.1, 0.15) is 18.1 Å². The zero-order valence-electron chi connectivity index (χ0n) is 18.5. The molecular weight excluding hydrogens is 458 g/mol. The molecule has 0 aromatic heterocycles. The van der Waals surface area contributed by atoms with Crippen LogP contribution in [0.4, 0.5) is 11.4 Å². The van der Waals surface area contributed by atoms with E-state index in [4.69, 9.17) is 18.9 Å². The third-order valence-electron chi connectivity index (χ3n) is 5.62. The Labute approximate surface area is 196 Å². The summed E-state index contributed by atoms with van der Waals surface area (Å²) in [6.45, 7) is 0.876. The lowest BCUT2D eigenvalue weighted by Crippen LogP contribution is -2.26. The Kier molecular flexibility index (Phi) is 5.41. The molecule has 2 aliphatic heterocycles. The van der Waals surface area contributed by atoms with Crippen molar-refractivity contribution in [2.75, 3.05) is 32.3 Å². The molecular formula is C25H21NO7S. The van der Waals surface area contributed by atoms with Crippen LogP contribution < -0.4 is 23.8 Å². The highest BCUT2D eigenvalue weighted by Crippen LogP contribution is 2.43. The topological polar surface area (TPSA) is 91.4 Å². The highest BCUT2D eigenvalue weighted by atomic mass is 32.2. The molecule has 0 spiro atoms. The van der Waals surface area contributed by atoms with Crippen LogP contribution in [0.5, 0.6) is 23.0 Å². The Morgan fingerprint density at radius 1 is 0.882 bits per heavy atom. The maximum Gasteiger partial charge on any atom is 0.214 e. The zero-order valence-corrected chi connectivity index (χ0v) is 19.3. The number of nitrogens with zero attached hydrogens (tertiary/aromatic N) is 1. The molecule has 2 aliphatic rings. The summed E-state index contributed by atoms with van der Waals surface area (Å²) >= 11 is 0. The van der Waals surface area contributed by atoms with Crippen molar-refractivity contribution in [1.82, 2.24) is 0 Å². The Morgan fingerprint density at radius 3 is 2.38 bits per heavy atom. The van der Waals surface area contributed by atoms with Gasteiger partial charge in [-0.1, -0.05) is 12.1 Å². The molecule has 0 N–H and O–H groups in total. The molecule has 9 heteroatoms. The first-order valence-corrected chi connectivity index (χ1v) is 11.9. The van der Waals surface area contributed by atoms with E-state index in [1.165, 1.54) is 38.6 Å². The third kappa shape index (κ3) is 3.54. The van der Waals surface area contributed by atoms with Crippen LogP contribution >= 0.6 is 0 Å². The number of anilines is 2. The lowest BCUT2D eigenvalue weighted by atomic mass is 10.1. The summed E-state index contributed by atoms with van der Waals surface area (Å²) in [5, 5.41) is 0. The quantitative estimate of drug-likeness (QED) is 0.505. The number of fused-ring (bicyclic) bond motifs is 2. The molecule has 0 fully saturated rings. The van der Waals surface area contributed by atoms with Gasteiger partial charge in [-0.2, -0.15) is 0 Å². The predicted molar refractivity (Wildman–Crippen MR) is 125 cm³/mol. The van der Waals surface area contributed by atoms with Gasteiger partial charge in [-0.3, -0.25) is 4.79 Å². The van der Waals surface area contributed by atoms with Crippen molar-refractivity contribution >= 4 is 27.0 Å². The third-order valence-corrected chi connectivity index (χ3v) is 7.42. The Hall–Kier alpha value is -3.98. The first kappa shape index (κ1) is 21.8. The molecule has 0 unspecified atom stereocenters. The van der Waals surface area contributed by atoms with E-state index in [0.29, 0.717) is 47.6 Å². The van der Waals surface area contributed by atoms with Gasteiger partial charge in [-0.15, -0.1) is 0 Å². The lowest BCUT2D eigenvalue weighted by Gasteiger charge is -2.29. The minimum absolute atomic E-state index is 0.0382. The fourth-order valence-corrected chi connectivity index (χ4v) is 5.50. The molecule has 3 aromatic carbocycles. The summed E-state index contributed by atoms with van der Waals surface area (Å²) in [4.78, 5) is 14.8. The number of carbonyl (C=O) groups is 1. The van der Waals surface area contributed by atoms with E-state index >= 15 is 0 Å². The number of allylic oxidation sites excluding steroid dienone is 1. The molecule has 0 aliphatic carbocycles. The maximum atomic E-state index is 13.5. The lowest BCUT2D eigenvalue weighted by molar-refractivity contribution is 0.104. The SMILES string of the molecule is COc1ccc(C(=O)C2=CN(c3ccc4c(c3)OCCO4)c3ccccc3S2(=O)=O)cc1OC. The summed E-state index contributed by atoms with van der Waals surface area (Å²) in [5.41, 5.74) is 1.22. The molecule has 0 atom stereocenters. The molecule has 5 rings (SSSR count). The number of sulfone groups is 1. The molecule has 0 amide bonds. The Morgan fingerprint density at radius 2 is 1.62 bits per heavy atom. The molecule has 174 valence electrons. The monoisotopic (exact) mass is 479 g/mol. The van der Waals surface area contributed by atoms with Crippen molar-refractivity contribution in [1.29, 1.82) is 0 Å². The summed E-state index contributed by atoms with van der Waals surface area (Å²) in [7, 11) is -1.15. The van der Waals surface area contributed by atoms with Crippen LogP contribution in [0.2, 0.25) is 0 Å². The largest absolute Gasteiger partial charge is 0.493 e. The van der Waals surface area contributed by atoms with Gasteiger partial charge in [0.2, 0.25) is 15.6 Å². The molecule has 0 saturated heterocycles. The van der Waals surface area contributed by atoms with Crippen molar-refractivity contribution in [2.45, 2.75) is 4.90 Å². The van der Waals surface area contributed by atoms with Crippen LogP contribution in [0.25, 0.3) is 0 Å². The minimum Gasteiger partial charge on any atom is -0.493 e. The Bertz CT molecular complexity index is 1430. The second-order valence-electron chi connectivity index (χ2n) is 7.56. The van der Waals surface area contributed by atoms with E-state index < -0.39 is 15.6 Å². The molecule has 0 radical (unpaired) electrons. The van der Waals surface area contributed by atoms with Gasteiger partial charge in [-0.05, 0) is 42.5 Å². The number of ether oxygens (including phenoxy) is 4. The van der Waals surface area contributed by atoms with E-state index in [9.17, 15) is 13.2 Å². The summed E-state index contributed by atoms with van der Waals surface area (Å²) in [5.74, 6) is 1.27. The normalized spacial score (nSPS) is 15.7. The van der Waals surface area contributed by atoms with Crippen LogP contribution in [0.15, 0.2) is 76.7 Å². The second kappa shape index (κ2) is 8.42. The maximum absolute atomic E-state index is 13.5. The minimum atomic E-state index is -4.08. The Balaban J connectivity index is 1.65. The van der Waals surface area contributed by atoms with E-state index in [1.54, 1.807) is 47.4 Å². The number of Topliss-reactive ketones (excluding diaryl/α,β-unsaturated/α-hetero) is 1. The van der Waals surface area contributed by atoms with Crippen LogP contribution in [0.3, 0.4) is 0 Å². The van der Waals surface area contributed by atoms with Crippen molar-refractivity contribution < 1.29 is 32.2 Å². The van der Waals surface area contributed by atoms with Crippen molar-refractivity contribution in [3.63, 3.8) is 0 Å². The molecule has 34 heavy (non-hydrogen) atoms. The number of para-hydroxylation sites is 1. The zero-order chi connectivity index (χ0) is 23.9. The van der Waals surface area contributed by atoms with Gasteiger partial charge >= 0.3 is 0 Å². The standard InChI is InChI=1S/C25H21NO7S/c1-30-19-9-7-16(13-21(19)31-2)25(27)24-15-26(18-5-3-4-6-23(18)34(24,28)29)17-8-10-20-22(14-17)33-12-11-32-20/h3-10,13-15H,11-12H2,1-2H3. The number of ketones is 1. The fourth-order valence-electron chi connectivity index (χ4n) is 3.95. The first-order chi connectivity index (χ1) is 16.4. The molecule has 0 bridgehead atoms. The number of hydrogen-bond acceptors (Lipinski definition) is 8. The molecule has 0 saturated carbocycles. The number of hydrogen-bond donors (Lipinski definition) is 0. The van der Waals surface area contributed by atoms with Crippen LogP contribution in [0, 0.1) is 0 Å². The van der Waals surface area contributed by atoms with E-state index in [-0.39, 0.29) is 15.4 Å². The number of rotatable bonds is 5. The fraction of sp³-hybridized carbons (Fsp3) is 0.160. The van der Waals surface area contributed by atoms with Crippen molar-refractivity contribution in [2.24, 2.45) is 0 Å². The van der Waals surface area contributed by atoms with Gasteiger partial charge in [-0.25, -0.2) is 8.42 Å². The van der Waals surface area contributed by atoms with Gasteiger partial charge in [0.15, 0.2) is 23.0 Å². The van der Waals surface area contributed by atoms with Crippen LogP contribution in [-0.2, 0) is 9.84 Å². The second-order valence-corrected chi connectivity index (χ2v) is 9.45. The summed E-state index contributed by atoms with van der Waals surface area (Å²) < 4.78 is 48.8. The van der Waals surface area contributed by atoms with Crippen molar-refractivity contribution in [3.8, 4) is 23.0 Å². The smallest absolute Gasteiger partial charge is 0.214 e. The summed E-state index contributed by atoms with van der Waals surface area (Å²) in [6.07, 6.45) is 1.35. The number of benzene rings is 3. The average Bonchev–Trinajstić information content (AvgIpc) is 2.87. The van der Waals surface area contributed by atoms with Gasteiger partial charge < -0.3 is 23.8 Å². The number of carbonyl (C=O) groups excluding carboxylic acids is 1. The highest BCUT2D eigenvalue weighted by Gasteiger charge is 2.36. The van der Waals surface area contributed by atoms with Crippen LogP contribution in [0.1, 0.15) is 10.4 Å². The first-order valence-electron chi connectivity index (χ1n) is 10.5. The van der Waals surface area contributed by atoms with E-state index in [0.717, 1.165) is 0 Å². The summed E-state index contributed by atoms with van der Waals surface area (Å²) in [6, 6.07) is 16.4. The number of methoxy groups -OCH3 is 2. The molecule has 2 heterocycles. The van der Waals surface area contributed by atoms with E-state index in [1.807, 2.05) is 0 Å². The predicted octanol–water partition coefficient (Wildman–Crippen LogP) is 4.12. The van der Waals surface area contributed by atoms with Gasteiger partial charge in [0.05, 0.1) is 24.8 Å². The van der Waals surface area contributed by atoms with E-state index in [2.05, 4.69) is 0 Å². The van der Waals surface area contributed by atoms with Crippen LogP contribution in [-0.4, -0.2) is 41.6 Å². The van der Waals surface area contributed by atoms with Crippen molar-refractivity contribution in [3.05, 3.63) is 77.3 Å². The van der Waals surface area contributed by atoms with Gasteiger partial charge in [0.25, 0.3) is 0 Å². The molecule has 8 nitrogen and oxygen atoms in total. The van der Waals surface area contributed by atoms with Gasteiger partial charge in [0, 0.05) is 23.5 Å².